The topological polar surface area (TPSA) is 66.8 Å². The van der Waals surface area contributed by atoms with Crippen molar-refractivity contribution in [2.45, 2.75) is 62.7 Å². The highest BCUT2D eigenvalue weighted by Gasteiger charge is 2.62. The zero-order valence-corrected chi connectivity index (χ0v) is 15.1. The van der Waals surface area contributed by atoms with Gasteiger partial charge in [0.25, 0.3) is 0 Å². The minimum absolute atomic E-state index is 0.0357. The van der Waals surface area contributed by atoms with Crippen LogP contribution in [0.25, 0.3) is 0 Å². The van der Waals surface area contributed by atoms with Crippen molar-refractivity contribution in [2.24, 2.45) is 11.8 Å². The van der Waals surface area contributed by atoms with Crippen LogP contribution in [0.5, 0.6) is 0 Å². The number of Topliss-reactive ketones (excluding diaryl/α,β-unsaturated/α-hetero) is 1. The zero-order chi connectivity index (χ0) is 17.7. The molecule has 2 N–H and O–H groups in total. The average molecular weight is 348 g/mol. The summed E-state index contributed by atoms with van der Waals surface area (Å²) in [4.78, 5) is 12.5. The lowest BCUT2D eigenvalue weighted by atomic mass is 9.63. The second-order valence-corrected chi connectivity index (χ2v) is 8.78. The maximum Gasteiger partial charge on any atom is 0.173 e. The Kier molecular flexibility index (Phi) is 4.19. The van der Waals surface area contributed by atoms with Crippen LogP contribution in [0.15, 0.2) is 24.2 Å². The molecule has 138 valence electrons. The van der Waals surface area contributed by atoms with Gasteiger partial charge in [0.05, 0.1) is 20.1 Å². The van der Waals surface area contributed by atoms with Crippen LogP contribution in [0.3, 0.4) is 0 Å². The molecule has 5 heteroatoms. The van der Waals surface area contributed by atoms with Crippen LogP contribution in [-0.4, -0.2) is 58.4 Å². The Morgan fingerprint density at radius 2 is 2.12 bits per heavy atom. The summed E-state index contributed by atoms with van der Waals surface area (Å²) in [5.41, 5.74) is -0.859. The first-order chi connectivity index (χ1) is 11.9. The number of carbonyl (C=O) groups excluding carboxylic acids is 1. The molecule has 2 aliphatic carbocycles. The molecule has 25 heavy (non-hydrogen) atoms. The predicted molar refractivity (Wildman–Crippen MR) is 93.7 cm³/mol. The lowest BCUT2D eigenvalue weighted by molar-refractivity contribution is -0.950. The van der Waals surface area contributed by atoms with Crippen molar-refractivity contribution in [2.75, 3.05) is 20.1 Å². The van der Waals surface area contributed by atoms with Gasteiger partial charge in [-0.05, 0) is 31.8 Å². The number of aliphatic hydroxyl groups is 2. The Hall–Kier alpha value is -1.33. The van der Waals surface area contributed by atoms with E-state index in [1.165, 1.54) is 19.1 Å². The molecule has 0 aromatic heterocycles. The van der Waals surface area contributed by atoms with Gasteiger partial charge in [-0.25, -0.2) is 0 Å². The molecule has 0 aromatic carbocycles. The van der Waals surface area contributed by atoms with E-state index in [9.17, 15) is 15.0 Å². The fourth-order valence-corrected chi connectivity index (χ4v) is 5.56. The van der Waals surface area contributed by atoms with Gasteiger partial charge >= 0.3 is 0 Å². The number of rotatable bonds is 2. The van der Waals surface area contributed by atoms with Crippen LogP contribution in [-0.2, 0) is 9.53 Å². The van der Waals surface area contributed by atoms with E-state index in [0.717, 1.165) is 42.8 Å². The highest BCUT2D eigenvalue weighted by atomic mass is 16.5. The van der Waals surface area contributed by atoms with Gasteiger partial charge < -0.3 is 19.4 Å². The van der Waals surface area contributed by atoms with E-state index in [4.69, 9.17) is 4.74 Å². The lowest BCUT2D eigenvalue weighted by Gasteiger charge is -2.58. The Labute approximate surface area is 149 Å². The number of ketones is 1. The van der Waals surface area contributed by atoms with Gasteiger partial charge in [-0.15, -0.1) is 0 Å². The number of piperidine rings is 1. The van der Waals surface area contributed by atoms with Crippen molar-refractivity contribution in [3.8, 4) is 0 Å². The third-order valence-corrected chi connectivity index (χ3v) is 6.98. The molecule has 5 atom stereocenters. The number of allylic oxidation sites excluding steroid dienone is 2. The highest BCUT2D eigenvalue weighted by molar-refractivity contribution is 5.84. The van der Waals surface area contributed by atoms with Gasteiger partial charge in [0, 0.05) is 31.1 Å². The summed E-state index contributed by atoms with van der Waals surface area (Å²) >= 11 is 0. The molecule has 0 amide bonds. The third-order valence-electron chi connectivity index (χ3n) is 6.98. The second kappa shape index (κ2) is 6.13. The molecule has 2 aliphatic heterocycles. The average Bonchev–Trinajstić information content (AvgIpc) is 3.36. The normalized spacial score (nSPS) is 47.8. The fraction of sp³-hybridized carbons (Fsp3) is 0.750. The maximum atomic E-state index is 12.5. The first-order valence-corrected chi connectivity index (χ1v) is 9.73. The molecule has 5 nitrogen and oxygen atoms in total. The van der Waals surface area contributed by atoms with Gasteiger partial charge in [0.1, 0.15) is 23.7 Å². The fourth-order valence-electron chi connectivity index (χ4n) is 5.56. The number of likely N-dealkylation sites (tertiary alicyclic amines) is 1. The van der Waals surface area contributed by atoms with E-state index in [2.05, 4.69) is 7.05 Å². The van der Waals surface area contributed by atoms with Crippen LogP contribution >= 0.6 is 0 Å². The van der Waals surface area contributed by atoms with Crippen LogP contribution in [0, 0.1) is 11.8 Å². The Morgan fingerprint density at radius 1 is 1.32 bits per heavy atom. The summed E-state index contributed by atoms with van der Waals surface area (Å²) < 4.78 is 6.61. The summed E-state index contributed by atoms with van der Waals surface area (Å²) in [5, 5.41) is 21.7. The molecule has 4 rings (SSSR count). The van der Waals surface area contributed by atoms with Crippen LogP contribution in [0.1, 0.15) is 44.9 Å². The number of hydrogen-bond acceptors (Lipinski definition) is 4. The largest absolute Gasteiger partial charge is 0.505 e. The Morgan fingerprint density at radius 3 is 2.88 bits per heavy atom. The third kappa shape index (κ3) is 3.02. The number of hydrogen-bond donors (Lipinski definition) is 2. The summed E-state index contributed by atoms with van der Waals surface area (Å²) in [5.74, 6) is 0.709. The molecule has 1 saturated heterocycles. The van der Waals surface area contributed by atoms with Crippen molar-refractivity contribution in [3.63, 3.8) is 0 Å². The molecule has 0 aromatic rings. The molecule has 4 bridgehead atoms. The van der Waals surface area contributed by atoms with Crippen molar-refractivity contribution in [3.05, 3.63) is 24.2 Å². The number of quaternary nitrogens is 1. The summed E-state index contributed by atoms with van der Waals surface area (Å²) in [6.45, 7) is 2.12. The number of likely N-dealkylation sites (N-methyl/N-ethyl adjacent to an activating group) is 1. The van der Waals surface area contributed by atoms with E-state index in [0.29, 0.717) is 12.8 Å². The molecular weight excluding hydrogens is 318 g/mol. The van der Waals surface area contributed by atoms with Gasteiger partial charge in [-0.1, -0.05) is 6.08 Å². The first kappa shape index (κ1) is 17.1. The van der Waals surface area contributed by atoms with Crippen molar-refractivity contribution < 1.29 is 24.2 Å². The van der Waals surface area contributed by atoms with Gasteiger partial charge in [-0.2, -0.15) is 0 Å². The zero-order valence-electron chi connectivity index (χ0n) is 15.1. The van der Waals surface area contributed by atoms with E-state index in [-0.39, 0.29) is 23.5 Å². The summed E-state index contributed by atoms with van der Waals surface area (Å²) in [6.07, 6.45) is 10.2. The van der Waals surface area contributed by atoms with E-state index in [1.54, 1.807) is 6.08 Å². The van der Waals surface area contributed by atoms with E-state index < -0.39 is 11.7 Å². The number of carbonyl (C=O) groups is 1. The number of aliphatic hydroxyl groups excluding tert-OH is 1. The lowest BCUT2D eigenvalue weighted by Crippen LogP contribution is -2.73. The molecule has 0 radical (unpaired) electrons. The van der Waals surface area contributed by atoms with Gasteiger partial charge in [0.15, 0.2) is 11.9 Å². The van der Waals surface area contributed by atoms with Gasteiger partial charge in [0.2, 0.25) is 0 Å². The quantitative estimate of drug-likeness (QED) is 0.753. The van der Waals surface area contributed by atoms with Crippen molar-refractivity contribution in [1.29, 1.82) is 0 Å². The minimum atomic E-state index is -0.859. The number of nitrogens with zero attached hydrogens (tertiary/aromatic N) is 1. The monoisotopic (exact) mass is 348 g/mol. The molecule has 2 heterocycles. The first-order valence-electron chi connectivity index (χ1n) is 9.73. The minimum Gasteiger partial charge on any atom is -0.505 e. The molecule has 0 spiro atoms. The van der Waals surface area contributed by atoms with Crippen LogP contribution in [0.2, 0.25) is 0 Å². The van der Waals surface area contributed by atoms with Crippen LogP contribution < -0.4 is 0 Å². The SMILES string of the molecule is C[N+]1(CC2CC2)CC[C@@H]2[C@H]3O/C=C(O)/C=C\CC[C@@H]1[C@]2(O)CCC3=O. The van der Waals surface area contributed by atoms with Crippen molar-refractivity contribution in [1.82, 2.24) is 0 Å². The molecule has 2 saturated carbocycles. The van der Waals surface area contributed by atoms with Gasteiger partial charge in [-0.3, -0.25) is 4.79 Å². The Bertz CT molecular complexity index is 611. The van der Waals surface area contributed by atoms with E-state index >= 15 is 0 Å². The Balaban J connectivity index is 1.71. The summed E-state index contributed by atoms with van der Waals surface area (Å²) in [7, 11) is 2.29. The molecule has 4 aliphatic rings. The standard InChI is InChI=1S/C20H29NO4/c1-21(12-14-6-7-14)11-9-16-19-17(23)8-10-20(16,24)18(21)5-3-2-4-15(22)13-25-19/h2,4,13-14,16,18-19,24H,3,5-12H2,1H3/p+1/b4-2-,15-13-/t16-,18-,19-,20+,21?/m1/s1. The highest BCUT2D eigenvalue weighted by Crippen LogP contribution is 2.48. The maximum absolute atomic E-state index is 12.5. The molecular formula is C20H30NO4+. The van der Waals surface area contributed by atoms with Crippen LogP contribution in [0.4, 0.5) is 0 Å². The smallest absolute Gasteiger partial charge is 0.173 e. The molecule has 3 fully saturated rings. The molecule has 1 unspecified atom stereocenters. The van der Waals surface area contributed by atoms with Crippen molar-refractivity contribution >= 4 is 5.78 Å². The number of ether oxygens (including phenoxy) is 1. The second-order valence-electron chi connectivity index (χ2n) is 8.78. The predicted octanol–water partition coefficient (Wildman–Crippen LogP) is 2.46. The van der Waals surface area contributed by atoms with E-state index in [1.807, 2.05) is 6.08 Å². The summed E-state index contributed by atoms with van der Waals surface area (Å²) in [6, 6.07) is 0.121.